The highest BCUT2D eigenvalue weighted by Gasteiger charge is 2.37. The molecule has 2 aromatic heterocycles. The standard InChI is InChI=1S/C9H7BrF3N3/c1-4-3-16-7(10)6(9(11,12)13)15-8(16)5(2)14-4/h3H,1-2H3. The Morgan fingerprint density at radius 1 is 1.25 bits per heavy atom. The Balaban J connectivity index is 2.83. The van der Waals surface area contributed by atoms with Crippen molar-refractivity contribution in [2.24, 2.45) is 0 Å². The average molecular weight is 294 g/mol. The smallest absolute Gasteiger partial charge is 0.290 e. The third-order valence-corrected chi connectivity index (χ3v) is 2.86. The topological polar surface area (TPSA) is 30.2 Å². The van der Waals surface area contributed by atoms with Gasteiger partial charge in [-0.2, -0.15) is 13.2 Å². The van der Waals surface area contributed by atoms with Gasteiger partial charge in [0.25, 0.3) is 0 Å². The van der Waals surface area contributed by atoms with Crippen molar-refractivity contribution >= 4 is 21.6 Å². The largest absolute Gasteiger partial charge is 0.436 e. The fraction of sp³-hybridized carbons (Fsp3) is 0.333. The molecule has 0 aliphatic carbocycles. The molecule has 3 nitrogen and oxygen atoms in total. The molecule has 0 aliphatic rings. The summed E-state index contributed by atoms with van der Waals surface area (Å²) in [5.41, 5.74) is 0.390. The number of hydrogen-bond acceptors (Lipinski definition) is 2. The van der Waals surface area contributed by atoms with Crippen molar-refractivity contribution in [3.05, 3.63) is 27.9 Å². The molecule has 0 bridgehead atoms. The fourth-order valence-electron chi connectivity index (χ4n) is 1.50. The quantitative estimate of drug-likeness (QED) is 0.747. The molecule has 0 amide bonds. The molecule has 2 aromatic rings. The van der Waals surface area contributed by atoms with E-state index in [0.29, 0.717) is 11.4 Å². The van der Waals surface area contributed by atoms with E-state index in [-0.39, 0.29) is 10.3 Å². The Labute approximate surface area is 97.4 Å². The molecule has 0 spiro atoms. The molecule has 0 saturated carbocycles. The van der Waals surface area contributed by atoms with E-state index in [9.17, 15) is 13.2 Å². The molecule has 0 fully saturated rings. The minimum absolute atomic E-state index is 0.0939. The van der Waals surface area contributed by atoms with E-state index < -0.39 is 11.9 Å². The van der Waals surface area contributed by atoms with Gasteiger partial charge in [-0.15, -0.1) is 0 Å². The van der Waals surface area contributed by atoms with Gasteiger partial charge in [0.15, 0.2) is 11.3 Å². The van der Waals surface area contributed by atoms with Crippen LogP contribution < -0.4 is 0 Å². The number of alkyl halides is 3. The Morgan fingerprint density at radius 3 is 2.44 bits per heavy atom. The summed E-state index contributed by atoms with van der Waals surface area (Å²) >= 11 is 2.91. The monoisotopic (exact) mass is 293 g/mol. The van der Waals surface area contributed by atoms with Crippen molar-refractivity contribution in [3.63, 3.8) is 0 Å². The van der Waals surface area contributed by atoms with E-state index in [1.807, 2.05) is 0 Å². The Bertz CT molecular complexity index is 559. The van der Waals surface area contributed by atoms with Crippen LogP contribution in [0.4, 0.5) is 13.2 Å². The summed E-state index contributed by atoms with van der Waals surface area (Å²) in [5.74, 6) is 0. The molecule has 16 heavy (non-hydrogen) atoms. The fourth-order valence-corrected chi connectivity index (χ4v) is 2.08. The number of nitrogens with zero attached hydrogens (tertiary/aromatic N) is 3. The van der Waals surface area contributed by atoms with Crippen molar-refractivity contribution in [1.82, 2.24) is 14.4 Å². The number of rotatable bonds is 0. The molecule has 0 N–H and O–H groups in total. The van der Waals surface area contributed by atoms with Gasteiger partial charge in [0, 0.05) is 6.20 Å². The van der Waals surface area contributed by atoms with Crippen molar-refractivity contribution in [2.45, 2.75) is 20.0 Å². The van der Waals surface area contributed by atoms with E-state index in [1.165, 1.54) is 10.6 Å². The lowest BCUT2D eigenvalue weighted by atomic mass is 10.4. The van der Waals surface area contributed by atoms with Crippen LogP contribution in [0.2, 0.25) is 0 Å². The summed E-state index contributed by atoms with van der Waals surface area (Å²) < 4.78 is 39.0. The maximum atomic E-state index is 12.6. The lowest BCUT2D eigenvalue weighted by Crippen LogP contribution is -2.06. The van der Waals surface area contributed by atoms with Crippen LogP contribution in [0.3, 0.4) is 0 Å². The molecule has 2 rings (SSSR count). The third kappa shape index (κ3) is 1.68. The zero-order valence-electron chi connectivity index (χ0n) is 8.43. The molecule has 0 unspecified atom stereocenters. The molecule has 86 valence electrons. The zero-order valence-corrected chi connectivity index (χ0v) is 10.0. The van der Waals surface area contributed by atoms with Crippen LogP contribution in [0, 0.1) is 13.8 Å². The van der Waals surface area contributed by atoms with Crippen LogP contribution in [0.15, 0.2) is 10.8 Å². The summed E-state index contributed by atoms with van der Waals surface area (Å²) in [5, 5.41) is 0. The summed E-state index contributed by atoms with van der Waals surface area (Å²) in [6.45, 7) is 3.34. The van der Waals surface area contributed by atoms with Gasteiger partial charge in [0.2, 0.25) is 0 Å². The molecule has 0 aromatic carbocycles. The van der Waals surface area contributed by atoms with Crippen LogP contribution >= 0.6 is 15.9 Å². The molecular weight excluding hydrogens is 287 g/mol. The molecular formula is C9H7BrF3N3. The van der Waals surface area contributed by atoms with E-state index in [1.54, 1.807) is 13.8 Å². The Hall–Kier alpha value is -1.11. The minimum atomic E-state index is -4.47. The highest BCUT2D eigenvalue weighted by molar-refractivity contribution is 9.10. The minimum Gasteiger partial charge on any atom is -0.290 e. The van der Waals surface area contributed by atoms with E-state index in [2.05, 4.69) is 25.9 Å². The normalized spacial score (nSPS) is 12.4. The molecule has 2 heterocycles. The van der Waals surface area contributed by atoms with Gasteiger partial charge in [-0.25, -0.2) is 4.98 Å². The SMILES string of the molecule is Cc1cn2c(Br)c(C(F)(F)F)nc2c(C)n1. The number of halogens is 4. The predicted molar refractivity (Wildman–Crippen MR) is 55.2 cm³/mol. The van der Waals surface area contributed by atoms with Crippen molar-refractivity contribution in [1.29, 1.82) is 0 Å². The summed E-state index contributed by atoms with van der Waals surface area (Å²) in [6.07, 6.45) is -2.96. The van der Waals surface area contributed by atoms with Crippen molar-refractivity contribution in [3.8, 4) is 0 Å². The Kier molecular flexibility index (Phi) is 2.45. The van der Waals surface area contributed by atoms with Crippen molar-refractivity contribution < 1.29 is 13.2 Å². The first-order valence-electron chi connectivity index (χ1n) is 4.39. The number of fused-ring (bicyclic) bond motifs is 1. The number of aromatic nitrogens is 3. The lowest BCUT2D eigenvalue weighted by molar-refractivity contribution is -0.141. The van der Waals surface area contributed by atoms with Gasteiger partial charge in [0.05, 0.1) is 11.4 Å². The van der Waals surface area contributed by atoms with Gasteiger partial charge in [-0.1, -0.05) is 0 Å². The number of hydrogen-bond donors (Lipinski definition) is 0. The molecule has 0 atom stereocenters. The van der Waals surface area contributed by atoms with Gasteiger partial charge < -0.3 is 0 Å². The molecule has 0 aliphatic heterocycles. The van der Waals surface area contributed by atoms with Gasteiger partial charge in [-0.3, -0.25) is 9.38 Å². The highest BCUT2D eigenvalue weighted by atomic mass is 79.9. The van der Waals surface area contributed by atoms with Crippen LogP contribution in [-0.4, -0.2) is 14.4 Å². The zero-order chi connectivity index (χ0) is 12.1. The summed E-state index contributed by atoms with van der Waals surface area (Å²) in [6, 6.07) is 0. The maximum absolute atomic E-state index is 12.6. The average Bonchev–Trinajstić information content (AvgIpc) is 2.43. The second-order valence-electron chi connectivity index (χ2n) is 3.41. The lowest BCUT2D eigenvalue weighted by Gasteiger charge is -2.02. The van der Waals surface area contributed by atoms with Crippen LogP contribution in [0.25, 0.3) is 5.65 Å². The van der Waals surface area contributed by atoms with Crippen LogP contribution in [0.1, 0.15) is 17.1 Å². The number of imidazole rings is 1. The maximum Gasteiger partial charge on any atom is 0.436 e. The first kappa shape index (κ1) is 11.4. The third-order valence-electron chi connectivity index (χ3n) is 2.10. The number of aryl methyl sites for hydroxylation is 2. The second kappa shape index (κ2) is 3.44. The van der Waals surface area contributed by atoms with Crippen molar-refractivity contribution in [2.75, 3.05) is 0 Å². The van der Waals surface area contributed by atoms with E-state index in [0.717, 1.165) is 0 Å². The molecule has 7 heteroatoms. The predicted octanol–water partition coefficient (Wildman–Crippen LogP) is 3.13. The first-order valence-corrected chi connectivity index (χ1v) is 5.19. The van der Waals surface area contributed by atoms with Gasteiger partial charge >= 0.3 is 6.18 Å². The summed E-state index contributed by atoms with van der Waals surface area (Å²) in [4.78, 5) is 7.62. The molecule has 0 saturated heterocycles. The summed E-state index contributed by atoms with van der Waals surface area (Å²) in [7, 11) is 0. The van der Waals surface area contributed by atoms with E-state index >= 15 is 0 Å². The van der Waals surface area contributed by atoms with Crippen LogP contribution in [-0.2, 0) is 6.18 Å². The Morgan fingerprint density at radius 2 is 1.88 bits per heavy atom. The van der Waals surface area contributed by atoms with Crippen LogP contribution in [0.5, 0.6) is 0 Å². The van der Waals surface area contributed by atoms with Gasteiger partial charge in [0.1, 0.15) is 4.60 Å². The van der Waals surface area contributed by atoms with Gasteiger partial charge in [-0.05, 0) is 29.8 Å². The highest BCUT2D eigenvalue weighted by Crippen LogP contribution is 2.34. The first-order chi connectivity index (χ1) is 7.30. The second-order valence-corrected chi connectivity index (χ2v) is 4.16. The van der Waals surface area contributed by atoms with E-state index in [4.69, 9.17) is 0 Å². The molecule has 0 radical (unpaired) electrons.